The zero-order valence-corrected chi connectivity index (χ0v) is 14.1. The van der Waals surface area contributed by atoms with Gasteiger partial charge < -0.3 is 10.2 Å². The number of piperazine rings is 1. The van der Waals surface area contributed by atoms with Gasteiger partial charge in [-0.25, -0.2) is 0 Å². The maximum absolute atomic E-state index is 13.0. The Morgan fingerprint density at radius 3 is 3.08 bits per heavy atom. The molecule has 5 heteroatoms. The van der Waals surface area contributed by atoms with Gasteiger partial charge in [0.2, 0.25) is 5.91 Å². The zero-order valence-electron chi connectivity index (χ0n) is 13.3. The number of carbonyl (C=O) groups is 1. The first kappa shape index (κ1) is 15.3. The molecule has 3 aromatic rings. The fourth-order valence-electron chi connectivity index (χ4n) is 3.31. The quantitative estimate of drug-likeness (QED) is 0.799. The van der Waals surface area contributed by atoms with E-state index in [4.69, 9.17) is 0 Å². The maximum Gasteiger partial charge on any atom is 0.227 e. The minimum Gasteiger partial charge on any atom is -0.333 e. The third kappa shape index (κ3) is 2.92. The molecule has 122 valence electrons. The van der Waals surface area contributed by atoms with Crippen LogP contribution in [0.3, 0.4) is 0 Å². The van der Waals surface area contributed by atoms with Crippen molar-refractivity contribution in [2.24, 2.45) is 0 Å². The van der Waals surface area contributed by atoms with E-state index >= 15 is 0 Å². The highest BCUT2D eigenvalue weighted by atomic mass is 32.1. The molecule has 0 saturated carbocycles. The number of thiophene rings is 1. The SMILES string of the molecule is O=C(Cc1csc2ccccc12)N1CCNCC1c1cccnc1. The van der Waals surface area contributed by atoms with Crippen molar-refractivity contribution in [1.29, 1.82) is 0 Å². The van der Waals surface area contributed by atoms with Crippen LogP contribution in [0.15, 0.2) is 54.2 Å². The lowest BCUT2D eigenvalue weighted by molar-refractivity contribution is -0.133. The summed E-state index contributed by atoms with van der Waals surface area (Å²) in [6.07, 6.45) is 4.09. The van der Waals surface area contributed by atoms with E-state index in [9.17, 15) is 4.79 Å². The number of carbonyl (C=O) groups excluding carboxylic acids is 1. The fourth-order valence-corrected chi connectivity index (χ4v) is 4.27. The van der Waals surface area contributed by atoms with Crippen LogP contribution in [-0.4, -0.2) is 35.4 Å². The van der Waals surface area contributed by atoms with Crippen molar-refractivity contribution in [3.63, 3.8) is 0 Å². The summed E-state index contributed by atoms with van der Waals surface area (Å²) in [5.41, 5.74) is 2.22. The molecule has 2 aromatic heterocycles. The Hall–Kier alpha value is -2.24. The molecule has 24 heavy (non-hydrogen) atoms. The molecule has 3 heterocycles. The minimum atomic E-state index is 0.0600. The summed E-state index contributed by atoms with van der Waals surface area (Å²) < 4.78 is 1.24. The van der Waals surface area contributed by atoms with Crippen LogP contribution in [-0.2, 0) is 11.2 Å². The first-order chi connectivity index (χ1) is 11.8. The van der Waals surface area contributed by atoms with Crippen LogP contribution < -0.4 is 5.32 Å². The Balaban J connectivity index is 1.58. The third-order valence-electron chi connectivity index (χ3n) is 4.54. The van der Waals surface area contributed by atoms with Gasteiger partial charge >= 0.3 is 0 Å². The van der Waals surface area contributed by atoms with Crippen molar-refractivity contribution in [3.8, 4) is 0 Å². The van der Waals surface area contributed by atoms with E-state index in [2.05, 4.69) is 27.8 Å². The van der Waals surface area contributed by atoms with E-state index in [0.29, 0.717) is 6.42 Å². The molecule has 1 aliphatic rings. The smallest absolute Gasteiger partial charge is 0.227 e. The first-order valence-corrected chi connectivity index (χ1v) is 9.06. The predicted molar refractivity (Wildman–Crippen MR) is 97.1 cm³/mol. The molecule has 1 atom stereocenters. The molecule has 0 bridgehead atoms. The topological polar surface area (TPSA) is 45.2 Å². The summed E-state index contributed by atoms with van der Waals surface area (Å²) in [7, 11) is 0. The maximum atomic E-state index is 13.0. The largest absolute Gasteiger partial charge is 0.333 e. The van der Waals surface area contributed by atoms with Crippen LogP contribution in [0.25, 0.3) is 10.1 Å². The van der Waals surface area contributed by atoms with Gasteiger partial charge in [-0.3, -0.25) is 9.78 Å². The molecule has 4 nitrogen and oxygen atoms in total. The van der Waals surface area contributed by atoms with E-state index in [-0.39, 0.29) is 11.9 Å². The van der Waals surface area contributed by atoms with E-state index < -0.39 is 0 Å². The van der Waals surface area contributed by atoms with Crippen LogP contribution in [0.2, 0.25) is 0 Å². The van der Waals surface area contributed by atoms with Gasteiger partial charge in [-0.2, -0.15) is 0 Å². The average molecular weight is 337 g/mol. The van der Waals surface area contributed by atoms with Crippen molar-refractivity contribution >= 4 is 27.3 Å². The number of rotatable bonds is 3. The lowest BCUT2D eigenvalue weighted by Gasteiger charge is -2.36. The molecule has 0 spiro atoms. The highest BCUT2D eigenvalue weighted by Crippen LogP contribution is 2.28. The summed E-state index contributed by atoms with van der Waals surface area (Å²) >= 11 is 1.71. The van der Waals surface area contributed by atoms with Crippen molar-refractivity contribution in [1.82, 2.24) is 15.2 Å². The molecule has 1 aromatic carbocycles. The fraction of sp³-hybridized carbons (Fsp3) is 0.263. The molecule has 1 unspecified atom stereocenters. The molecule has 1 N–H and O–H groups in total. The monoisotopic (exact) mass is 337 g/mol. The molecular weight excluding hydrogens is 318 g/mol. The van der Waals surface area contributed by atoms with Gasteiger partial charge in [-0.05, 0) is 34.0 Å². The Morgan fingerprint density at radius 1 is 1.29 bits per heavy atom. The Labute approximate surface area is 145 Å². The third-order valence-corrected chi connectivity index (χ3v) is 5.55. The van der Waals surface area contributed by atoms with Crippen molar-refractivity contribution in [3.05, 3.63) is 65.3 Å². The summed E-state index contributed by atoms with van der Waals surface area (Å²) in [6, 6.07) is 12.3. The van der Waals surface area contributed by atoms with Crippen LogP contribution >= 0.6 is 11.3 Å². The van der Waals surface area contributed by atoms with Gasteiger partial charge in [0.15, 0.2) is 0 Å². The highest BCUT2D eigenvalue weighted by Gasteiger charge is 2.28. The number of aromatic nitrogens is 1. The molecule has 1 amide bonds. The second-order valence-electron chi connectivity index (χ2n) is 6.03. The molecule has 1 saturated heterocycles. The molecule has 1 aliphatic heterocycles. The number of amides is 1. The van der Waals surface area contributed by atoms with Gasteiger partial charge in [0.1, 0.15) is 0 Å². The highest BCUT2D eigenvalue weighted by molar-refractivity contribution is 7.17. The van der Waals surface area contributed by atoms with Gasteiger partial charge in [-0.15, -0.1) is 11.3 Å². The van der Waals surface area contributed by atoms with Gasteiger partial charge in [0, 0.05) is 36.7 Å². The standard InChI is InChI=1S/C19H19N3OS/c23-19(10-15-13-24-18-6-2-1-5-16(15)18)22-9-8-21-12-17(22)14-4-3-7-20-11-14/h1-7,11,13,17,21H,8-10,12H2. The summed E-state index contributed by atoms with van der Waals surface area (Å²) in [4.78, 5) is 19.2. The number of hydrogen-bond donors (Lipinski definition) is 1. The Bertz CT molecular complexity index is 846. The summed E-state index contributed by atoms with van der Waals surface area (Å²) in [6.45, 7) is 2.36. The molecule has 1 fully saturated rings. The molecule has 4 rings (SSSR count). The normalized spacial score (nSPS) is 18.0. The van der Waals surface area contributed by atoms with Crippen LogP contribution in [0, 0.1) is 0 Å². The lowest BCUT2D eigenvalue weighted by Crippen LogP contribution is -2.49. The molecule has 0 aliphatic carbocycles. The second kappa shape index (κ2) is 6.71. The number of nitrogens with one attached hydrogen (secondary N) is 1. The lowest BCUT2D eigenvalue weighted by atomic mass is 10.0. The number of benzene rings is 1. The second-order valence-corrected chi connectivity index (χ2v) is 6.94. The average Bonchev–Trinajstić information content (AvgIpc) is 3.05. The number of hydrogen-bond acceptors (Lipinski definition) is 4. The van der Waals surface area contributed by atoms with E-state index in [1.165, 1.54) is 10.1 Å². The van der Waals surface area contributed by atoms with Crippen LogP contribution in [0.4, 0.5) is 0 Å². The summed E-state index contributed by atoms with van der Waals surface area (Å²) in [5.74, 6) is 0.189. The Morgan fingerprint density at radius 2 is 2.21 bits per heavy atom. The van der Waals surface area contributed by atoms with Crippen molar-refractivity contribution in [2.75, 3.05) is 19.6 Å². The van der Waals surface area contributed by atoms with E-state index in [0.717, 1.165) is 30.8 Å². The van der Waals surface area contributed by atoms with E-state index in [1.54, 1.807) is 17.5 Å². The number of pyridine rings is 1. The number of fused-ring (bicyclic) bond motifs is 1. The molecular formula is C19H19N3OS. The van der Waals surface area contributed by atoms with Gasteiger partial charge in [-0.1, -0.05) is 24.3 Å². The number of nitrogens with zero attached hydrogens (tertiary/aromatic N) is 2. The first-order valence-electron chi connectivity index (χ1n) is 8.18. The molecule has 0 radical (unpaired) electrons. The van der Waals surface area contributed by atoms with Gasteiger partial charge in [0.25, 0.3) is 0 Å². The van der Waals surface area contributed by atoms with Crippen molar-refractivity contribution in [2.45, 2.75) is 12.5 Å². The van der Waals surface area contributed by atoms with E-state index in [1.807, 2.05) is 35.4 Å². The van der Waals surface area contributed by atoms with Crippen LogP contribution in [0.5, 0.6) is 0 Å². The summed E-state index contributed by atoms with van der Waals surface area (Å²) in [5, 5.41) is 6.70. The predicted octanol–water partition coefficient (Wildman–Crippen LogP) is 3.01. The van der Waals surface area contributed by atoms with Crippen molar-refractivity contribution < 1.29 is 4.79 Å². The van der Waals surface area contributed by atoms with Crippen LogP contribution in [0.1, 0.15) is 17.2 Å². The van der Waals surface area contributed by atoms with Gasteiger partial charge in [0.05, 0.1) is 12.5 Å². The zero-order chi connectivity index (χ0) is 16.4. The Kier molecular flexibility index (Phi) is 4.28. The minimum absolute atomic E-state index is 0.0600.